The Hall–Kier alpha value is -2.10. The van der Waals surface area contributed by atoms with E-state index < -0.39 is 6.10 Å². The van der Waals surface area contributed by atoms with Gasteiger partial charge in [-0.3, -0.25) is 4.79 Å². The van der Waals surface area contributed by atoms with E-state index in [0.717, 1.165) is 37.0 Å². The monoisotopic (exact) mass is 431 g/mol. The highest BCUT2D eigenvalue weighted by Gasteiger charge is 2.28. The molecule has 1 aromatic heterocycles. The largest absolute Gasteiger partial charge is 0.465 e. The topological polar surface area (TPSA) is 66.8 Å². The van der Waals surface area contributed by atoms with E-state index in [2.05, 4.69) is 18.8 Å². The van der Waals surface area contributed by atoms with E-state index in [9.17, 15) is 14.7 Å². The van der Waals surface area contributed by atoms with Crippen LogP contribution in [-0.2, 0) is 16.0 Å². The molecular formula is C24H33NO4S. The molecule has 0 bridgehead atoms. The quantitative estimate of drug-likeness (QED) is 0.342. The lowest BCUT2D eigenvalue weighted by Crippen LogP contribution is -2.33. The zero-order valence-electron chi connectivity index (χ0n) is 18.2. The van der Waals surface area contributed by atoms with Crippen LogP contribution < -0.4 is 0 Å². The van der Waals surface area contributed by atoms with E-state index in [0.29, 0.717) is 24.3 Å². The molecule has 30 heavy (non-hydrogen) atoms. The zero-order chi connectivity index (χ0) is 21.9. The molecule has 6 heteroatoms. The number of ether oxygens (including phenoxy) is 1. The first kappa shape index (κ1) is 24.2. The number of nitrogens with zero attached hydrogens (tertiary/aromatic N) is 1. The van der Waals surface area contributed by atoms with E-state index in [1.54, 1.807) is 6.07 Å². The fraction of sp³-hybridized carbons (Fsp3) is 0.583. The lowest BCUT2D eigenvalue weighted by molar-refractivity contribution is -0.128. The molecule has 1 saturated heterocycles. The Morgan fingerprint density at radius 1 is 1.43 bits per heavy atom. The van der Waals surface area contributed by atoms with E-state index >= 15 is 0 Å². The van der Waals surface area contributed by atoms with Gasteiger partial charge < -0.3 is 14.7 Å². The summed E-state index contributed by atoms with van der Waals surface area (Å²) < 4.78 is 4.74. The van der Waals surface area contributed by atoms with Gasteiger partial charge in [-0.25, -0.2) is 4.79 Å². The number of rotatable bonds is 10. The number of carbonyl (C=O) groups excluding carboxylic acids is 2. The maximum absolute atomic E-state index is 12.3. The first-order valence-electron chi connectivity index (χ1n) is 10.7. The summed E-state index contributed by atoms with van der Waals surface area (Å²) in [7, 11) is 1.38. The second-order valence-electron chi connectivity index (χ2n) is 7.71. The minimum Gasteiger partial charge on any atom is -0.465 e. The lowest BCUT2D eigenvalue weighted by atomic mass is 10.00. The van der Waals surface area contributed by atoms with Crippen LogP contribution in [-0.4, -0.2) is 47.7 Å². The molecule has 0 saturated carbocycles. The summed E-state index contributed by atoms with van der Waals surface area (Å²) >= 11 is 1.44. The normalized spacial score (nSPS) is 18.3. The van der Waals surface area contributed by atoms with Gasteiger partial charge in [0.15, 0.2) is 0 Å². The van der Waals surface area contributed by atoms with Crippen molar-refractivity contribution in [1.82, 2.24) is 4.90 Å². The molecule has 164 valence electrons. The van der Waals surface area contributed by atoms with Crippen LogP contribution in [0.4, 0.5) is 0 Å². The van der Waals surface area contributed by atoms with Crippen LogP contribution >= 0.6 is 11.3 Å². The van der Waals surface area contributed by atoms with Crippen LogP contribution in [0.2, 0.25) is 0 Å². The maximum atomic E-state index is 12.3. The Morgan fingerprint density at radius 3 is 2.97 bits per heavy atom. The van der Waals surface area contributed by atoms with Crippen LogP contribution in [0.25, 0.3) is 0 Å². The molecule has 1 aromatic rings. The average Bonchev–Trinajstić information content (AvgIpc) is 3.36. The van der Waals surface area contributed by atoms with Crippen molar-refractivity contribution in [2.75, 3.05) is 13.7 Å². The fourth-order valence-electron chi connectivity index (χ4n) is 3.39. The summed E-state index contributed by atoms with van der Waals surface area (Å²) in [5.74, 6) is 6.17. The van der Waals surface area contributed by atoms with Gasteiger partial charge in [-0.1, -0.05) is 26.0 Å². The predicted octanol–water partition coefficient (Wildman–Crippen LogP) is 4.21. The highest BCUT2D eigenvalue weighted by atomic mass is 32.1. The number of aryl methyl sites for hydroxylation is 1. The second kappa shape index (κ2) is 12.6. The molecule has 2 rings (SSSR count). The van der Waals surface area contributed by atoms with Crippen molar-refractivity contribution in [3.8, 4) is 11.8 Å². The third kappa shape index (κ3) is 7.30. The third-order valence-corrected chi connectivity index (χ3v) is 6.41. The minimum absolute atomic E-state index is 0.0412. The molecule has 2 heterocycles. The van der Waals surface area contributed by atoms with Crippen molar-refractivity contribution < 1.29 is 19.4 Å². The number of aliphatic hydroxyl groups is 1. The third-order valence-electron chi connectivity index (χ3n) is 5.28. The molecule has 0 aliphatic carbocycles. The maximum Gasteiger partial charge on any atom is 0.348 e. The van der Waals surface area contributed by atoms with Crippen LogP contribution in [0.3, 0.4) is 0 Å². The van der Waals surface area contributed by atoms with Gasteiger partial charge in [0.25, 0.3) is 0 Å². The fourth-order valence-corrected chi connectivity index (χ4v) is 4.36. The van der Waals surface area contributed by atoms with E-state index in [1.165, 1.54) is 18.4 Å². The molecule has 1 fully saturated rings. The number of unbranched alkanes of at least 4 members (excludes halogenated alkanes) is 1. The molecule has 3 atom stereocenters. The molecule has 1 N–H and O–H groups in total. The lowest BCUT2D eigenvalue weighted by Gasteiger charge is -2.23. The van der Waals surface area contributed by atoms with Gasteiger partial charge in [0.05, 0.1) is 19.3 Å². The van der Waals surface area contributed by atoms with Crippen molar-refractivity contribution in [1.29, 1.82) is 0 Å². The predicted molar refractivity (Wildman–Crippen MR) is 120 cm³/mol. The van der Waals surface area contributed by atoms with Crippen molar-refractivity contribution in [3.05, 3.63) is 34.0 Å². The number of hydrogen-bond acceptors (Lipinski definition) is 5. The number of amides is 1. The van der Waals surface area contributed by atoms with Crippen molar-refractivity contribution in [3.63, 3.8) is 0 Å². The Labute approximate surface area is 184 Å². The van der Waals surface area contributed by atoms with Gasteiger partial charge in [0, 0.05) is 30.7 Å². The molecule has 1 aliphatic rings. The highest BCUT2D eigenvalue weighted by Crippen LogP contribution is 2.23. The second-order valence-corrected chi connectivity index (χ2v) is 8.88. The molecule has 0 radical (unpaired) electrons. The van der Waals surface area contributed by atoms with Crippen molar-refractivity contribution >= 4 is 23.2 Å². The molecule has 0 spiro atoms. The average molecular weight is 432 g/mol. The minimum atomic E-state index is -0.554. The highest BCUT2D eigenvalue weighted by molar-refractivity contribution is 7.13. The van der Waals surface area contributed by atoms with E-state index in [4.69, 9.17) is 4.74 Å². The number of hydrogen-bond donors (Lipinski definition) is 1. The van der Waals surface area contributed by atoms with Gasteiger partial charge in [0.2, 0.25) is 5.91 Å². The number of methoxy groups -OCH3 is 1. The standard InChI is InChI=1S/C24H33NO4S/c1-4-5-6-7-9-18(2)21(26)14-11-19-12-16-23(27)25(19)17-8-10-20-13-15-22(30-20)24(28)29-3/h11,13-15,18-19,21,26H,4-5,8-10,12,16-17H2,1-3H3/t18-,19+,21-/m1/s1. The van der Waals surface area contributed by atoms with Crippen LogP contribution in [0.15, 0.2) is 24.3 Å². The van der Waals surface area contributed by atoms with Gasteiger partial charge in [-0.15, -0.1) is 23.2 Å². The number of esters is 1. The van der Waals surface area contributed by atoms with Crippen LogP contribution in [0, 0.1) is 17.8 Å². The van der Waals surface area contributed by atoms with Crippen LogP contribution in [0.1, 0.15) is 66.9 Å². The summed E-state index contributed by atoms with van der Waals surface area (Å²) in [6.45, 7) is 4.77. The van der Waals surface area contributed by atoms with Gasteiger partial charge in [-0.2, -0.15) is 0 Å². The molecule has 1 aliphatic heterocycles. The summed E-state index contributed by atoms with van der Waals surface area (Å²) in [6.07, 6.45) is 8.86. The van der Waals surface area contributed by atoms with Crippen LogP contribution in [0.5, 0.6) is 0 Å². The number of thiophene rings is 1. The summed E-state index contributed by atoms with van der Waals surface area (Å²) in [5.41, 5.74) is 0. The molecule has 0 aromatic carbocycles. The Kier molecular flexibility index (Phi) is 10.1. The SMILES string of the molecule is CCCC#CC[C@@H](C)[C@H](O)C=C[C@H]1CCC(=O)N1CCCc1ccc(C(=O)OC)s1. The Bertz CT molecular complexity index is 789. The van der Waals surface area contributed by atoms with Crippen molar-refractivity contribution in [2.24, 2.45) is 5.92 Å². The van der Waals surface area contributed by atoms with Gasteiger partial charge in [-0.05, 0) is 43.7 Å². The van der Waals surface area contributed by atoms with Crippen molar-refractivity contribution in [2.45, 2.75) is 70.9 Å². The smallest absolute Gasteiger partial charge is 0.348 e. The first-order chi connectivity index (χ1) is 14.5. The van der Waals surface area contributed by atoms with Gasteiger partial charge in [0.1, 0.15) is 4.88 Å². The Morgan fingerprint density at radius 2 is 2.23 bits per heavy atom. The number of carbonyl (C=O) groups is 2. The summed E-state index contributed by atoms with van der Waals surface area (Å²) in [5, 5.41) is 10.4. The molecule has 0 unspecified atom stereocenters. The van der Waals surface area contributed by atoms with E-state index in [1.807, 2.05) is 30.0 Å². The number of aliphatic hydroxyl groups excluding tert-OH is 1. The summed E-state index contributed by atoms with van der Waals surface area (Å²) in [4.78, 5) is 27.5. The van der Waals surface area contributed by atoms with E-state index in [-0.39, 0.29) is 23.8 Å². The summed E-state index contributed by atoms with van der Waals surface area (Å²) in [6, 6.07) is 3.77. The molecule has 1 amide bonds. The molecular weight excluding hydrogens is 398 g/mol. The Balaban J connectivity index is 1.83. The van der Waals surface area contributed by atoms with Gasteiger partial charge >= 0.3 is 5.97 Å². The zero-order valence-corrected chi connectivity index (χ0v) is 19.0. The number of likely N-dealkylation sites (tertiary alicyclic amines) is 1. The molecule has 5 nitrogen and oxygen atoms in total. The first-order valence-corrected chi connectivity index (χ1v) is 11.6.